The lowest BCUT2D eigenvalue weighted by atomic mass is 9.78. The first-order chi connectivity index (χ1) is 8.30. The average Bonchev–Trinajstić information content (AvgIpc) is 2.69. The highest BCUT2D eigenvalue weighted by Gasteiger charge is 2.28. The molecule has 104 valence electrons. The first-order valence-corrected chi connectivity index (χ1v) is 7.78. The number of nitrogens with one attached hydrogen (secondary N) is 1. The number of nitrogens with zero attached hydrogens (tertiary/aromatic N) is 1. The van der Waals surface area contributed by atoms with Crippen LogP contribution in [0.5, 0.6) is 0 Å². The molecule has 0 aliphatic rings. The first-order valence-electron chi connectivity index (χ1n) is 6.96. The van der Waals surface area contributed by atoms with Crippen LogP contribution in [0.25, 0.3) is 0 Å². The summed E-state index contributed by atoms with van der Waals surface area (Å²) in [6, 6.07) is 0. The van der Waals surface area contributed by atoms with Crippen molar-refractivity contribution in [1.29, 1.82) is 0 Å². The molecule has 0 atom stereocenters. The van der Waals surface area contributed by atoms with Crippen LogP contribution < -0.4 is 5.32 Å². The first kappa shape index (κ1) is 15.6. The SMILES string of the molecule is CCC(CC)(CNC(C)(C)C)Cc1cnc(C)s1. The van der Waals surface area contributed by atoms with E-state index in [2.05, 4.69) is 58.0 Å². The van der Waals surface area contributed by atoms with Gasteiger partial charge in [0.25, 0.3) is 0 Å². The zero-order valence-electron chi connectivity index (χ0n) is 12.8. The Morgan fingerprint density at radius 1 is 1.22 bits per heavy atom. The Kier molecular flexibility index (Phi) is 5.35. The highest BCUT2D eigenvalue weighted by Crippen LogP contribution is 2.32. The molecule has 0 bridgehead atoms. The molecule has 0 aromatic carbocycles. The zero-order chi connectivity index (χ0) is 13.8. The van der Waals surface area contributed by atoms with Crippen molar-refractivity contribution < 1.29 is 0 Å². The van der Waals surface area contributed by atoms with Gasteiger partial charge in [-0.3, -0.25) is 0 Å². The number of hydrogen-bond donors (Lipinski definition) is 1. The Balaban J connectivity index is 2.73. The van der Waals surface area contributed by atoms with Gasteiger partial charge in [0.2, 0.25) is 0 Å². The van der Waals surface area contributed by atoms with Crippen molar-refractivity contribution in [2.45, 2.75) is 66.3 Å². The molecule has 0 amide bonds. The molecule has 1 aromatic rings. The molecule has 1 N–H and O–H groups in total. The molecule has 0 aliphatic carbocycles. The van der Waals surface area contributed by atoms with Crippen LogP contribution in [0.1, 0.15) is 57.3 Å². The molecule has 1 aromatic heterocycles. The van der Waals surface area contributed by atoms with Gasteiger partial charge in [-0.05, 0) is 52.4 Å². The molecule has 0 spiro atoms. The molecule has 3 heteroatoms. The van der Waals surface area contributed by atoms with Crippen molar-refractivity contribution in [3.8, 4) is 0 Å². The molecule has 1 rings (SSSR count). The lowest BCUT2D eigenvalue weighted by Crippen LogP contribution is -2.44. The fraction of sp³-hybridized carbons (Fsp3) is 0.800. The normalized spacial score (nSPS) is 13.0. The second-order valence-electron chi connectivity index (χ2n) is 6.33. The van der Waals surface area contributed by atoms with Crippen LogP contribution in [0.2, 0.25) is 0 Å². The predicted octanol–water partition coefficient (Wildman–Crippen LogP) is 4.19. The van der Waals surface area contributed by atoms with Crippen molar-refractivity contribution in [2.24, 2.45) is 5.41 Å². The third-order valence-corrected chi connectivity index (χ3v) is 4.62. The molecule has 0 saturated heterocycles. The van der Waals surface area contributed by atoms with Crippen LogP contribution in [0.3, 0.4) is 0 Å². The van der Waals surface area contributed by atoms with Gasteiger partial charge in [0, 0.05) is 23.2 Å². The van der Waals surface area contributed by atoms with E-state index in [0.29, 0.717) is 5.41 Å². The maximum Gasteiger partial charge on any atom is 0.0896 e. The third-order valence-electron chi connectivity index (χ3n) is 3.71. The van der Waals surface area contributed by atoms with E-state index in [1.165, 1.54) is 22.7 Å². The van der Waals surface area contributed by atoms with Gasteiger partial charge >= 0.3 is 0 Å². The lowest BCUT2D eigenvalue weighted by molar-refractivity contribution is 0.221. The van der Waals surface area contributed by atoms with E-state index < -0.39 is 0 Å². The van der Waals surface area contributed by atoms with Gasteiger partial charge in [-0.1, -0.05) is 13.8 Å². The Bertz CT molecular complexity index is 359. The topological polar surface area (TPSA) is 24.9 Å². The molecular formula is C15H28N2S. The van der Waals surface area contributed by atoms with Crippen LogP contribution in [0.15, 0.2) is 6.20 Å². The average molecular weight is 268 g/mol. The molecule has 0 radical (unpaired) electrons. The summed E-state index contributed by atoms with van der Waals surface area (Å²) in [6.45, 7) is 14.5. The van der Waals surface area contributed by atoms with Crippen molar-refractivity contribution in [3.63, 3.8) is 0 Å². The number of aromatic nitrogens is 1. The summed E-state index contributed by atoms with van der Waals surface area (Å²) in [5.74, 6) is 0. The van der Waals surface area contributed by atoms with Crippen molar-refractivity contribution >= 4 is 11.3 Å². The highest BCUT2D eigenvalue weighted by atomic mass is 32.1. The van der Waals surface area contributed by atoms with Gasteiger partial charge in [-0.2, -0.15) is 0 Å². The van der Waals surface area contributed by atoms with E-state index in [1.54, 1.807) is 0 Å². The smallest absolute Gasteiger partial charge is 0.0896 e. The fourth-order valence-electron chi connectivity index (χ4n) is 2.12. The number of rotatable bonds is 6. The summed E-state index contributed by atoms with van der Waals surface area (Å²) >= 11 is 1.84. The van der Waals surface area contributed by atoms with Gasteiger partial charge in [0.15, 0.2) is 0 Å². The maximum absolute atomic E-state index is 4.38. The summed E-state index contributed by atoms with van der Waals surface area (Å²) in [5.41, 5.74) is 0.561. The van der Waals surface area contributed by atoms with E-state index in [4.69, 9.17) is 0 Å². The third kappa shape index (κ3) is 4.69. The Morgan fingerprint density at radius 3 is 2.22 bits per heavy atom. The number of thiazole rings is 1. The van der Waals surface area contributed by atoms with E-state index in [0.717, 1.165) is 13.0 Å². The van der Waals surface area contributed by atoms with Gasteiger partial charge in [-0.25, -0.2) is 4.98 Å². The number of aryl methyl sites for hydroxylation is 1. The zero-order valence-corrected chi connectivity index (χ0v) is 13.6. The fourth-order valence-corrected chi connectivity index (χ4v) is 3.09. The predicted molar refractivity (Wildman–Crippen MR) is 81.3 cm³/mol. The van der Waals surface area contributed by atoms with Crippen molar-refractivity contribution in [2.75, 3.05) is 6.54 Å². The van der Waals surface area contributed by atoms with Crippen LogP contribution >= 0.6 is 11.3 Å². The minimum Gasteiger partial charge on any atom is -0.312 e. The van der Waals surface area contributed by atoms with E-state index in [1.807, 2.05) is 11.3 Å². The largest absolute Gasteiger partial charge is 0.312 e. The molecule has 0 aliphatic heterocycles. The molecular weight excluding hydrogens is 240 g/mol. The quantitative estimate of drug-likeness (QED) is 0.837. The summed E-state index contributed by atoms with van der Waals surface area (Å²) < 4.78 is 0. The standard InChI is InChI=1S/C15H28N2S/c1-7-15(8-2,11-17-14(4,5)6)9-13-10-16-12(3)18-13/h10,17H,7-9,11H2,1-6H3. The van der Waals surface area contributed by atoms with Gasteiger partial charge < -0.3 is 5.32 Å². The van der Waals surface area contributed by atoms with Gasteiger partial charge in [0.05, 0.1) is 5.01 Å². The van der Waals surface area contributed by atoms with Crippen LogP contribution in [-0.4, -0.2) is 17.1 Å². The minimum atomic E-state index is 0.194. The maximum atomic E-state index is 4.38. The summed E-state index contributed by atoms with van der Waals surface area (Å²) in [4.78, 5) is 5.80. The molecule has 18 heavy (non-hydrogen) atoms. The molecule has 0 fully saturated rings. The Labute approximate surface area is 116 Å². The lowest BCUT2D eigenvalue weighted by Gasteiger charge is -2.35. The summed E-state index contributed by atoms with van der Waals surface area (Å²) in [6.07, 6.45) is 5.62. The van der Waals surface area contributed by atoms with Crippen molar-refractivity contribution in [3.05, 3.63) is 16.1 Å². The van der Waals surface area contributed by atoms with E-state index >= 15 is 0 Å². The van der Waals surface area contributed by atoms with Gasteiger partial charge in [0.1, 0.15) is 0 Å². The van der Waals surface area contributed by atoms with Crippen molar-refractivity contribution in [1.82, 2.24) is 10.3 Å². The van der Waals surface area contributed by atoms with E-state index in [9.17, 15) is 0 Å². The van der Waals surface area contributed by atoms with Crippen LogP contribution in [0, 0.1) is 12.3 Å². The van der Waals surface area contributed by atoms with E-state index in [-0.39, 0.29) is 5.54 Å². The molecule has 0 unspecified atom stereocenters. The van der Waals surface area contributed by atoms with Crippen LogP contribution in [0.4, 0.5) is 0 Å². The molecule has 2 nitrogen and oxygen atoms in total. The monoisotopic (exact) mass is 268 g/mol. The molecule has 1 heterocycles. The van der Waals surface area contributed by atoms with Crippen LogP contribution in [-0.2, 0) is 6.42 Å². The minimum absolute atomic E-state index is 0.194. The van der Waals surface area contributed by atoms with Gasteiger partial charge in [-0.15, -0.1) is 11.3 Å². The second-order valence-corrected chi connectivity index (χ2v) is 7.65. The second kappa shape index (κ2) is 6.16. The number of hydrogen-bond acceptors (Lipinski definition) is 3. The Hall–Kier alpha value is -0.410. The summed E-state index contributed by atoms with van der Waals surface area (Å²) in [7, 11) is 0. The molecule has 0 saturated carbocycles. The Morgan fingerprint density at radius 2 is 1.83 bits per heavy atom. The highest BCUT2D eigenvalue weighted by molar-refractivity contribution is 7.11. The summed E-state index contributed by atoms with van der Waals surface area (Å²) in [5, 5.41) is 4.85.